The summed E-state index contributed by atoms with van der Waals surface area (Å²) in [6, 6.07) is 6.51. The van der Waals surface area contributed by atoms with Crippen LogP contribution in [0.15, 0.2) is 44.2 Å². The maximum Gasteiger partial charge on any atom is 0.373 e. The summed E-state index contributed by atoms with van der Waals surface area (Å²) in [4.78, 5) is 24.4. The maximum atomic E-state index is 12.9. The van der Waals surface area contributed by atoms with E-state index in [1.165, 1.54) is 19.4 Å². The topological polar surface area (TPSA) is 78.9 Å². The first-order valence-electron chi connectivity index (χ1n) is 7.90. The molecule has 0 unspecified atom stereocenters. The molecule has 3 rings (SSSR count). The molecular formula is C19H18O6. The SMILES string of the molecule is CCCc1cc2c(=O)c(-c3ccc(C(=O)OC)o3)coc2cc1OC. The van der Waals surface area contributed by atoms with Gasteiger partial charge in [0, 0.05) is 6.07 Å². The second kappa shape index (κ2) is 6.84. The Morgan fingerprint density at radius 1 is 1.20 bits per heavy atom. The largest absolute Gasteiger partial charge is 0.496 e. The molecule has 0 amide bonds. The van der Waals surface area contributed by atoms with E-state index < -0.39 is 5.97 Å². The molecule has 0 N–H and O–H groups in total. The molecule has 0 saturated heterocycles. The number of rotatable bonds is 5. The number of methoxy groups -OCH3 is 2. The van der Waals surface area contributed by atoms with Crippen molar-refractivity contribution in [3.63, 3.8) is 0 Å². The first-order valence-corrected chi connectivity index (χ1v) is 7.90. The number of ether oxygens (including phenoxy) is 2. The second-order valence-corrected chi connectivity index (χ2v) is 5.54. The number of carbonyl (C=O) groups is 1. The van der Waals surface area contributed by atoms with E-state index in [0.29, 0.717) is 16.7 Å². The summed E-state index contributed by atoms with van der Waals surface area (Å²) in [5, 5.41) is 0.442. The molecular weight excluding hydrogens is 324 g/mol. The van der Waals surface area contributed by atoms with Gasteiger partial charge in [-0.1, -0.05) is 13.3 Å². The fourth-order valence-electron chi connectivity index (χ4n) is 2.72. The third-order valence-electron chi connectivity index (χ3n) is 3.95. The van der Waals surface area contributed by atoms with Gasteiger partial charge in [-0.25, -0.2) is 4.79 Å². The molecule has 1 aromatic carbocycles. The average Bonchev–Trinajstić information content (AvgIpc) is 3.11. The van der Waals surface area contributed by atoms with Gasteiger partial charge in [-0.3, -0.25) is 4.79 Å². The molecule has 0 fully saturated rings. The van der Waals surface area contributed by atoms with E-state index in [9.17, 15) is 9.59 Å². The zero-order valence-corrected chi connectivity index (χ0v) is 14.3. The highest BCUT2D eigenvalue weighted by molar-refractivity contribution is 5.87. The Kier molecular flexibility index (Phi) is 4.61. The van der Waals surface area contributed by atoms with Crippen molar-refractivity contribution in [1.29, 1.82) is 0 Å². The van der Waals surface area contributed by atoms with Gasteiger partial charge in [-0.05, 0) is 30.2 Å². The van der Waals surface area contributed by atoms with Gasteiger partial charge in [0.2, 0.25) is 11.2 Å². The molecule has 0 spiro atoms. The minimum atomic E-state index is -0.605. The summed E-state index contributed by atoms with van der Waals surface area (Å²) < 4.78 is 21.0. The van der Waals surface area contributed by atoms with Crippen LogP contribution in [-0.2, 0) is 11.2 Å². The summed E-state index contributed by atoms with van der Waals surface area (Å²) in [6.45, 7) is 2.06. The van der Waals surface area contributed by atoms with Crippen LogP contribution < -0.4 is 10.2 Å². The average molecular weight is 342 g/mol. The van der Waals surface area contributed by atoms with Crippen molar-refractivity contribution < 1.29 is 23.1 Å². The van der Waals surface area contributed by atoms with E-state index in [1.54, 1.807) is 25.3 Å². The summed E-state index contributed by atoms with van der Waals surface area (Å²) in [6.07, 6.45) is 3.03. The smallest absolute Gasteiger partial charge is 0.373 e. The molecule has 2 aromatic heterocycles. The summed E-state index contributed by atoms with van der Waals surface area (Å²) >= 11 is 0. The van der Waals surface area contributed by atoms with Crippen LogP contribution in [0.5, 0.6) is 5.75 Å². The second-order valence-electron chi connectivity index (χ2n) is 5.54. The third-order valence-corrected chi connectivity index (χ3v) is 3.95. The normalized spacial score (nSPS) is 10.8. The molecule has 130 valence electrons. The number of hydrogen-bond acceptors (Lipinski definition) is 6. The molecule has 3 aromatic rings. The Hall–Kier alpha value is -3.02. The number of furan rings is 1. The Bertz CT molecular complexity index is 979. The number of carbonyl (C=O) groups excluding carboxylic acids is 1. The number of esters is 1. The van der Waals surface area contributed by atoms with Gasteiger partial charge >= 0.3 is 5.97 Å². The predicted molar refractivity (Wildman–Crippen MR) is 92.1 cm³/mol. The minimum absolute atomic E-state index is 0.0263. The molecule has 0 aliphatic carbocycles. The van der Waals surface area contributed by atoms with Crippen molar-refractivity contribution >= 4 is 16.9 Å². The molecule has 0 atom stereocenters. The molecule has 0 bridgehead atoms. The van der Waals surface area contributed by atoms with E-state index in [4.69, 9.17) is 13.6 Å². The first-order chi connectivity index (χ1) is 12.1. The lowest BCUT2D eigenvalue weighted by molar-refractivity contribution is 0.0566. The number of benzene rings is 1. The van der Waals surface area contributed by atoms with Gasteiger partial charge in [0.1, 0.15) is 28.9 Å². The van der Waals surface area contributed by atoms with Gasteiger partial charge in [0.15, 0.2) is 0 Å². The van der Waals surface area contributed by atoms with Crippen LogP contribution in [0.3, 0.4) is 0 Å². The zero-order valence-electron chi connectivity index (χ0n) is 14.3. The number of aryl methyl sites for hydroxylation is 1. The number of fused-ring (bicyclic) bond motifs is 1. The van der Waals surface area contributed by atoms with Crippen LogP contribution in [0, 0.1) is 0 Å². The van der Waals surface area contributed by atoms with Crippen molar-refractivity contribution in [2.24, 2.45) is 0 Å². The van der Waals surface area contributed by atoms with Crippen LogP contribution in [0.25, 0.3) is 22.3 Å². The lowest BCUT2D eigenvalue weighted by atomic mass is 10.0. The zero-order chi connectivity index (χ0) is 18.0. The van der Waals surface area contributed by atoms with Crippen molar-refractivity contribution in [1.82, 2.24) is 0 Å². The lowest BCUT2D eigenvalue weighted by Gasteiger charge is -2.09. The Labute approximate surface area is 144 Å². The van der Waals surface area contributed by atoms with Gasteiger partial charge in [-0.2, -0.15) is 0 Å². The summed E-state index contributed by atoms with van der Waals surface area (Å²) in [5.74, 6) is 0.366. The summed E-state index contributed by atoms with van der Waals surface area (Å²) in [7, 11) is 2.85. The van der Waals surface area contributed by atoms with Crippen LogP contribution in [0.2, 0.25) is 0 Å². The van der Waals surface area contributed by atoms with Gasteiger partial charge in [0.25, 0.3) is 0 Å². The maximum absolute atomic E-state index is 12.9. The Balaban J connectivity index is 2.15. The molecule has 2 heterocycles. The quantitative estimate of drug-likeness (QED) is 0.656. The Morgan fingerprint density at radius 2 is 2.00 bits per heavy atom. The van der Waals surface area contributed by atoms with E-state index in [2.05, 4.69) is 11.7 Å². The van der Waals surface area contributed by atoms with E-state index >= 15 is 0 Å². The van der Waals surface area contributed by atoms with Crippen molar-refractivity contribution in [2.75, 3.05) is 14.2 Å². The summed E-state index contributed by atoms with van der Waals surface area (Å²) in [5.41, 5.74) is 1.39. The minimum Gasteiger partial charge on any atom is -0.496 e. The van der Waals surface area contributed by atoms with E-state index in [0.717, 1.165) is 18.4 Å². The van der Waals surface area contributed by atoms with Crippen molar-refractivity contribution in [2.45, 2.75) is 19.8 Å². The van der Waals surface area contributed by atoms with E-state index in [-0.39, 0.29) is 22.5 Å². The van der Waals surface area contributed by atoms with Crippen LogP contribution in [-0.4, -0.2) is 20.2 Å². The van der Waals surface area contributed by atoms with Crippen LogP contribution in [0.1, 0.15) is 29.5 Å². The molecule has 0 saturated carbocycles. The van der Waals surface area contributed by atoms with Gasteiger partial charge in [-0.15, -0.1) is 0 Å². The fraction of sp³-hybridized carbons (Fsp3) is 0.263. The van der Waals surface area contributed by atoms with Crippen LogP contribution >= 0.6 is 0 Å². The molecule has 25 heavy (non-hydrogen) atoms. The monoisotopic (exact) mass is 342 g/mol. The molecule has 0 aliphatic rings. The van der Waals surface area contributed by atoms with Crippen molar-refractivity contribution in [3.8, 4) is 17.1 Å². The van der Waals surface area contributed by atoms with Gasteiger partial charge in [0.05, 0.1) is 19.6 Å². The van der Waals surface area contributed by atoms with Crippen LogP contribution in [0.4, 0.5) is 0 Å². The molecule has 6 nitrogen and oxygen atoms in total. The third kappa shape index (κ3) is 3.03. The Morgan fingerprint density at radius 3 is 2.68 bits per heavy atom. The highest BCUT2D eigenvalue weighted by Crippen LogP contribution is 2.28. The number of hydrogen-bond donors (Lipinski definition) is 0. The lowest BCUT2D eigenvalue weighted by Crippen LogP contribution is -2.06. The standard InChI is InChI=1S/C19H18O6/c1-4-5-11-8-12-17(9-16(11)22-2)24-10-13(18(12)20)14-6-7-15(25-14)19(21)23-3/h6-10H,4-5H2,1-3H3. The highest BCUT2D eigenvalue weighted by Gasteiger charge is 2.17. The van der Waals surface area contributed by atoms with E-state index in [1.807, 2.05) is 0 Å². The predicted octanol–water partition coefficient (Wildman–Crippen LogP) is 3.80. The molecule has 0 aliphatic heterocycles. The molecule has 0 radical (unpaired) electrons. The van der Waals surface area contributed by atoms with Gasteiger partial charge < -0.3 is 18.3 Å². The fourth-order valence-corrected chi connectivity index (χ4v) is 2.72. The van der Waals surface area contributed by atoms with Crippen molar-refractivity contribution in [3.05, 3.63) is 52.1 Å². The molecule has 6 heteroatoms. The highest BCUT2D eigenvalue weighted by atomic mass is 16.5. The first kappa shape index (κ1) is 16.8.